The van der Waals surface area contributed by atoms with Gasteiger partial charge in [0.15, 0.2) is 0 Å². The molecule has 104 valence electrons. The largest absolute Gasteiger partial charge is 0.393 e. The molecule has 2 rings (SSSR count). The number of amides is 1. The topological polar surface area (TPSA) is 52.6 Å². The van der Waals surface area contributed by atoms with Crippen molar-refractivity contribution >= 4 is 27.5 Å². The van der Waals surface area contributed by atoms with Crippen LogP contribution in [-0.2, 0) is 4.79 Å². The van der Waals surface area contributed by atoms with E-state index in [-0.39, 0.29) is 24.2 Å². The number of piperidine rings is 1. The lowest BCUT2D eigenvalue weighted by atomic mass is 10.1. The summed E-state index contributed by atoms with van der Waals surface area (Å²) in [6.07, 6.45) is 1.10. The van der Waals surface area contributed by atoms with Gasteiger partial charge in [0.05, 0.1) is 18.3 Å². The Bertz CT molecular complexity index is 462. The average Bonchev–Trinajstić information content (AvgIpc) is 2.36. The molecule has 1 heterocycles. The van der Waals surface area contributed by atoms with Crippen LogP contribution in [0.4, 0.5) is 10.1 Å². The van der Waals surface area contributed by atoms with Crippen LogP contribution >= 0.6 is 15.9 Å². The molecule has 1 amide bonds. The molecule has 1 fully saturated rings. The number of nitrogens with one attached hydrogen (secondary N) is 1. The first-order valence-corrected chi connectivity index (χ1v) is 6.99. The highest BCUT2D eigenvalue weighted by molar-refractivity contribution is 9.10. The van der Waals surface area contributed by atoms with Gasteiger partial charge in [0, 0.05) is 17.6 Å². The second-order valence-electron chi connectivity index (χ2n) is 4.68. The van der Waals surface area contributed by atoms with Gasteiger partial charge in [-0.1, -0.05) is 15.9 Å². The molecule has 0 bridgehead atoms. The summed E-state index contributed by atoms with van der Waals surface area (Å²) in [7, 11) is 0. The van der Waals surface area contributed by atoms with Crippen molar-refractivity contribution in [3.8, 4) is 0 Å². The number of hydrogen-bond acceptors (Lipinski definition) is 3. The summed E-state index contributed by atoms with van der Waals surface area (Å²) in [5.41, 5.74) is 0.185. The van der Waals surface area contributed by atoms with Gasteiger partial charge in [-0.05, 0) is 31.0 Å². The number of aliphatic hydroxyl groups excluding tert-OH is 1. The number of aliphatic hydroxyl groups is 1. The lowest BCUT2D eigenvalue weighted by Crippen LogP contribution is -2.40. The predicted octanol–water partition coefficient (Wildman–Crippen LogP) is 1.98. The lowest BCUT2D eigenvalue weighted by Gasteiger charge is -2.28. The van der Waals surface area contributed by atoms with Crippen LogP contribution in [0.3, 0.4) is 0 Å². The number of likely N-dealkylation sites (tertiary alicyclic amines) is 1. The third-order valence-corrected chi connectivity index (χ3v) is 3.62. The van der Waals surface area contributed by atoms with Gasteiger partial charge in [-0.3, -0.25) is 9.69 Å². The highest BCUT2D eigenvalue weighted by atomic mass is 79.9. The smallest absolute Gasteiger partial charge is 0.238 e. The maximum Gasteiger partial charge on any atom is 0.238 e. The zero-order valence-electron chi connectivity index (χ0n) is 10.4. The average molecular weight is 331 g/mol. The first-order valence-electron chi connectivity index (χ1n) is 6.20. The highest BCUT2D eigenvalue weighted by Gasteiger charge is 2.19. The first kappa shape index (κ1) is 14.4. The number of anilines is 1. The van der Waals surface area contributed by atoms with Crippen LogP contribution < -0.4 is 5.32 Å². The van der Waals surface area contributed by atoms with Crippen LogP contribution in [0.1, 0.15) is 12.8 Å². The zero-order chi connectivity index (χ0) is 13.8. The summed E-state index contributed by atoms with van der Waals surface area (Å²) in [5.74, 6) is -0.700. The van der Waals surface area contributed by atoms with Crippen LogP contribution in [0.2, 0.25) is 0 Å². The van der Waals surface area contributed by atoms with Crippen LogP contribution in [0.15, 0.2) is 22.7 Å². The number of carbonyl (C=O) groups is 1. The Morgan fingerprint density at radius 1 is 1.47 bits per heavy atom. The van der Waals surface area contributed by atoms with Crippen molar-refractivity contribution in [2.45, 2.75) is 18.9 Å². The summed E-state index contributed by atoms with van der Waals surface area (Å²) in [4.78, 5) is 13.8. The van der Waals surface area contributed by atoms with Crippen molar-refractivity contribution < 1.29 is 14.3 Å². The molecule has 0 unspecified atom stereocenters. The Morgan fingerprint density at radius 3 is 2.79 bits per heavy atom. The van der Waals surface area contributed by atoms with E-state index in [4.69, 9.17) is 0 Å². The molecule has 19 heavy (non-hydrogen) atoms. The van der Waals surface area contributed by atoms with Crippen molar-refractivity contribution in [3.63, 3.8) is 0 Å². The summed E-state index contributed by atoms with van der Waals surface area (Å²) in [5, 5.41) is 11.9. The van der Waals surface area contributed by atoms with E-state index in [0.29, 0.717) is 30.4 Å². The molecule has 0 atom stereocenters. The monoisotopic (exact) mass is 330 g/mol. The van der Waals surface area contributed by atoms with E-state index < -0.39 is 5.82 Å². The predicted molar refractivity (Wildman–Crippen MR) is 74.4 cm³/mol. The lowest BCUT2D eigenvalue weighted by molar-refractivity contribution is -0.117. The third kappa shape index (κ3) is 4.26. The molecule has 0 radical (unpaired) electrons. The number of carbonyl (C=O) groups excluding carboxylic acids is 1. The molecule has 4 nitrogen and oxygen atoms in total. The van der Waals surface area contributed by atoms with Gasteiger partial charge >= 0.3 is 0 Å². The number of nitrogens with zero attached hydrogens (tertiary/aromatic N) is 1. The van der Waals surface area contributed by atoms with Crippen LogP contribution in [-0.4, -0.2) is 41.7 Å². The van der Waals surface area contributed by atoms with E-state index in [1.807, 2.05) is 4.90 Å². The Balaban J connectivity index is 1.87. The molecular formula is C13H16BrFN2O2. The fourth-order valence-corrected chi connectivity index (χ4v) is 2.39. The van der Waals surface area contributed by atoms with Gasteiger partial charge in [0.25, 0.3) is 0 Å². The van der Waals surface area contributed by atoms with E-state index in [1.165, 1.54) is 12.1 Å². The van der Waals surface area contributed by atoms with Crippen molar-refractivity contribution in [1.29, 1.82) is 0 Å². The number of rotatable bonds is 3. The van der Waals surface area contributed by atoms with E-state index >= 15 is 0 Å². The molecular weight excluding hydrogens is 315 g/mol. The minimum Gasteiger partial charge on any atom is -0.393 e. The maximum atomic E-state index is 13.5. The standard InChI is InChI=1S/C13H16BrFN2O2/c14-9-1-2-12(11(15)7-9)16-13(19)8-17-5-3-10(18)4-6-17/h1-2,7,10,18H,3-6,8H2,(H,16,19). The first-order chi connectivity index (χ1) is 9.04. The molecule has 1 aliphatic heterocycles. The Labute approximate surface area is 119 Å². The van der Waals surface area contributed by atoms with Crippen molar-refractivity contribution in [1.82, 2.24) is 4.90 Å². The fraction of sp³-hybridized carbons (Fsp3) is 0.462. The van der Waals surface area contributed by atoms with Gasteiger partial charge in [-0.2, -0.15) is 0 Å². The minimum absolute atomic E-state index is 0.185. The molecule has 2 N–H and O–H groups in total. The summed E-state index contributed by atoms with van der Waals surface area (Å²) < 4.78 is 14.2. The van der Waals surface area contributed by atoms with Crippen LogP contribution in [0.5, 0.6) is 0 Å². The van der Waals surface area contributed by atoms with Crippen molar-refractivity contribution in [2.75, 3.05) is 25.0 Å². The molecule has 0 aromatic heterocycles. The summed E-state index contributed by atoms with van der Waals surface area (Å²) in [6, 6.07) is 4.51. The minimum atomic E-state index is -0.461. The Kier molecular flexibility index (Phi) is 4.90. The van der Waals surface area contributed by atoms with Gasteiger partial charge in [-0.25, -0.2) is 4.39 Å². The van der Waals surface area contributed by atoms with Gasteiger partial charge in [-0.15, -0.1) is 0 Å². The molecule has 1 aromatic carbocycles. The third-order valence-electron chi connectivity index (χ3n) is 3.13. The van der Waals surface area contributed by atoms with E-state index in [0.717, 1.165) is 0 Å². The van der Waals surface area contributed by atoms with Gasteiger partial charge < -0.3 is 10.4 Å². The summed E-state index contributed by atoms with van der Waals surface area (Å²) >= 11 is 3.16. The molecule has 1 saturated heterocycles. The van der Waals surface area contributed by atoms with Crippen LogP contribution in [0.25, 0.3) is 0 Å². The van der Waals surface area contributed by atoms with Crippen LogP contribution in [0, 0.1) is 5.82 Å². The molecule has 0 saturated carbocycles. The van der Waals surface area contributed by atoms with E-state index in [1.54, 1.807) is 6.07 Å². The SMILES string of the molecule is O=C(CN1CCC(O)CC1)Nc1ccc(Br)cc1F. The Hall–Kier alpha value is -0.980. The molecule has 0 aliphatic carbocycles. The molecule has 1 aliphatic rings. The number of hydrogen-bond donors (Lipinski definition) is 2. The van der Waals surface area contributed by atoms with Gasteiger partial charge in [0.2, 0.25) is 5.91 Å². The van der Waals surface area contributed by atoms with E-state index in [2.05, 4.69) is 21.2 Å². The Morgan fingerprint density at radius 2 is 2.16 bits per heavy atom. The van der Waals surface area contributed by atoms with Crippen molar-refractivity contribution in [2.24, 2.45) is 0 Å². The molecule has 6 heteroatoms. The van der Waals surface area contributed by atoms with Crippen molar-refractivity contribution in [3.05, 3.63) is 28.5 Å². The molecule has 1 aromatic rings. The number of halogens is 2. The molecule has 0 spiro atoms. The zero-order valence-corrected chi connectivity index (χ0v) is 12.0. The number of benzene rings is 1. The maximum absolute atomic E-state index is 13.5. The quantitative estimate of drug-likeness (QED) is 0.891. The second-order valence-corrected chi connectivity index (χ2v) is 5.60. The highest BCUT2D eigenvalue weighted by Crippen LogP contribution is 2.19. The fourth-order valence-electron chi connectivity index (χ4n) is 2.06. The summed E-state index contributed by atoms with van der Waals surface area (Å²) in [6.45, 7) is 1.61. The second kappa shape index (κ2) is 6.45. The van der Waals surface area contributed by atoms with Gasteiger partial charge in [0.1, 0.15) is 5.82 Å². The normalized spacial score (nSPS) is 17.4. The van der Waals surface area contributed by atoms with E-state index in [9.17, 15) is 14.3 Å².